The quantitative estimate of drug-likeness (QED) is 0.336. The van der Waals surface area contributed by atoms with E-state index in [1.54, 1.807) is 7.11 Å². The van der Waals surface area contributed by atoms with E-state index in [9.17, 15) is 4.79 Å². The van der Waals surface area contributed by atoms with Crippen molar-refractivity contribution >= 4 is 11.7 Å². The molecule has 0 saturated carbocycles. The van der Waals surface area contributed by atoms with Crippen LogP contribution in [0.3, 0.4) is 0 Å². The third-order valence-corrected chi connectivity index (χ3v) is 3.60. The first-order valence-electron chi connectivity index (χ1n) is 6.76. The van der Waals surface area contributed by atoms with Gasteiger partial charge in [-0.25, -0.2) is 0 Å². The molecule has 1 aliphatic heterocycles. The summed E-state index contributed by atoms with van der Waals surface area (Å²) in [5, 5.41) is 11.8. The fraction of sp³-hybridized carbons (Fsp3) is 0.846. The summed E-state index contributed by atoms with van der Waals surface area (Å²) in [6.07, 6.45) is 2.05. The molecule has 1 amide bonds. The number of methoxy groups -OCH3 is 1. The summed E-state index contributed by atoms with van der Waals surface area (Å²) >= 11 is 0. The van der Waals surface area contributed by atoms with Crippen LogP contribution in [0.25, 0.3) is 0 Å². The van der Waals surface area contributed by atoms with Gasteiger partial charge in [-0.3, -0.25) is 4.79 Å². The van der Waals surface area contributed by atoms with Crippen molar-refractivity contribution in [2.75, 3.05) is 26.8 Å². The van der Waals surface area contributed by atoms with E-state index in [1.807, 2.05) is 18.7 Å². The number of oxime groups is 1. The Morgan fingerprint density at radius 3 is 2.79 bits per heavy atom. The Labute approximate surface area is 114 Å². The average molecular weight is 271 g/mol. The van der Waals surface area contributed by atoms with Gasteiger partial charge in [0.2, 0.25) is 5.91 Å². The van der Waals surface area contributed by atoms with Crippen LogP contribution in [0.1, 0.15) is 26.7 Å². The monoisotopic (exact) mass is 271 g/mol. The molecule has 1 aliphatic rings. The van der Waals surface area contributed by atoms with Gasteiger partial charge in [0.05, 0.1) is 6.61 Å². The number of carbonyl (C=O) groups is 1. The van der Waals surface area contributed by atoms with Crippen molar-refractivity contribution in [3.05, 3.63) is 0 Å². The second-order valence-electron chi connectivity index (χ2n) is 5.49. The number of nitrogens with two attached hydrogens (primary N) is 1. The van der Waals surface area contributed by atoms with Gasteiger partial charge in [-0.05, 0) is 24.7 Å². The molecular weight excluding hydrogens is 246 g/mol. The first kappa shape index (κ1) is 15.8. The van der Waals surface area contributed by atoms with Crippen LogP contribution in [-0.4, -0.2) is 48.7 Å². The van der Waals surface area contributed by atoms with Gasteiger partial charge in [0.1, 0.15) is 5.92 Å². The van der Waals surface area contributed by atoms with E-state index in [0.29, 0.717) is 19.1 Å². The summed E-state index contributed by atoms with van der Waals surface area (Å²) in [6, 6.07) is 0. The molecule has 1 heterocycles. The van der Waals surface area contributed by atoms with Crippen LogP contribution >= 0.6 is 0 Å². The predicted octanol–water partition coefficient (Wildman–Crippen LogP) is 0.890. The normalized spacial score (nSPS) is 22.6. The lowest BCUT2D eigenvalue weighted by Crippen LogP contribution is -2.48. The van der Waals surface area contributed by atoms with Gasteiger partial charge < -0.3 is 20.6 Å². The van der Waals surface area contributed by atoms with Gasteiger partial charge in [-0.1, -0.05) is 19.0 Å². The van der Waals surface area contributed by atoms with Crippen molar-refractivity contribution < 1.29 is 14.7 Å². The fourth-order valence-corrected chi connectivity index (χ4v) is 2.65. The first-order valence-corrected chi connectivity index (χ1v) is 6.76. The van der Waals surface area contributed by atoms with E-state index in [1.165, 1.54) is 0 Å². The molecule has 0 spiro atoms. The topological polar surface area (TPSA) is 88.2 Å². The first-order chi connectivity index (χ1) is 9.01. The molecule has 0 radical (unpaired) electrons. The minimum atomic E-state index is -0.550. The van der Waals surface area contributed by atoms with Crippen LogP contribution < -0.4 is 5.73 Å². The van der Waals surface area contributed by atoms with Crippen LogP contribution in [-0.2, 0) is 9.53 Å². The number of nitrogens with zero attached hydrogens (tertiary/aromatic N) is 2. The van der Waals surface area contributed by atoms with Gasteiger partial charge in [-0.15, -0.1) is 0 Å². The highest BCUT2D eigenvalue weighted by Crippen LogP contribution is 2.21. The number of carbonyl (C=O) groups excluding carboxylic acids is 1. The third kappa shape index (κ3) is 4.09. The maximum atomic E-state index is 12.5. The molecule has 19 heavy (non-hydrogen) atoms. The van der Waals surface area contributed by atoms with Gasteiger partial charge in [0, 0.05) is 20.2 Å². The van der Waals surface area contributed by atoms with E-state index in [2.05, 4.69) is 5.16 Å². The highest BCUT2D eigenvalue weighted by molar-refractivity contribution is 6.02. The lowest BCUT2D eigenvalue weighted by molar-refractivity contribution is -0.136. The zero-order valence-corrected chi connectivity index (χ0v) is 12.0. The SMILES string of the molecule is COCC1CCCN(C(=O)C(C(N)=NO)C(C)C)C1. The minimum Gasteiger partial charge on any atom is -0.409 e. The Morgan fingerprint density at radius 2 is 2.26 bits per heavy atom. The van der Waals surface area contributed by atoms with Crippen molar-refractivity contribution in [1.29, 1.82) is 0 Å². The fourth-order valence-electron chi connectivity index (χ4n) is 2.65. The molecule has 1 rings (SSSR count). The maximum Gasteiger partial charge on any atom is 0.233 e. The van der Waals surface area contributed by atoms with Crippen molar-refractivity contribution in [3.8, 4) is 0 Å². The molecule has 6 nitrogen and oxygen atoms in total. The standard InChI is InChI=1S/C13H25N3O3/c1-9(2)11(12(14)15-18)13(17)16-6-4-5-10(7-16)8-19-3/h9-11,18H,4-8H2,1-3H3,(H2,14,15). The second-order valence-corrected chi connectivity index (χ2v) is 5.49. The Morgan fingerprint density at radius 1 is 1.58 bits per heavy atom. The Kier molecular flexibility index (Phi) is 6.08. The number of amidine groups is 1. The number of likely N-dealkylation sites (tertiary alicyclic amines) is 1. The summed E-state index contributed by atoms with van der Waals surface area (Å²) in [5.41, 5.74) is 5.65. The minimum absolute atomic E-state index is 0.00568. The van der Waals surface area contributed by atoms with Crippen molar-refractivity contribution in [1.82, 2.24) is 4.90 Å². The van der Waals surface area contributed by atoms with Crippen LogP contribution in [0, 0.1) is 17.8 Å². The van der Waals surface area contributed by atoms with E-state index >= 15 is 0 Å². The lowest BCUT2D eigenvalue weighted by Gasteiger charge is -2.35. The largest absolute Gasteiger partial charge is 0.409 e. The predicted molar refractivity (Wildman–Crippen MR) is 72.9 cm³/mol. The molecule has 6 heteroatoms. The van der Waals surface area contributed by atoms with Gasteiger partial charge in [0.15, 0.2) is 5.84 Å². The molecular formula is C13H25N3O3. The summed E-state index contributed by atoms with van der Waals surface area (Å²) in [6.45, 7) is 5.89. The number of rotatable bonds is 5. The van der Waals surface area contributed by atoms with Gasteiger partial charge >= 0.3 is 0 Å². The summed E-state index contributed by atoms with van der Waals surface area (Å²) < 4.78 is 5.16. The van der Waals surface area contributed by atoms with Crippen LogP contribution in [0.5, 0.6) is 0 Å². The molecule has 1 fully saturated rings. The van der Waals surface area contributed by atoms with E-state index < -0.39 is 5.92 Å². The summed E-state index contributed by atoms with van der Waals surface area (Å²) in [5.74, 6) is -0.222. The van der Waals surface area contributed by atoms with Crippen molar-refractivity contribution in [2.45, 2.75) is 26.7 Å². The number of hydrogen-bond donors (Lipinski definition) is 2. The zero-order chi connectivity index (χ0) is 14.4. The third-order valence-electron chi connectivity index (χ3n) is 3.60. The van der Waals surface area contributed by atoms with E-state index in [4.69, 9.17) is 15.7 Å². The molecule has 1 saturated heterocycles. The highest BCUT2D eigenvalue weighted by atomic mass is 16.5. The van der Waals surface area contributed by atoms with Crippen LogP contribution in [0.15, 0.2) is 5.16 Å². The van der Waals surface area contributed by atoms with Crippen molar-refractivity contribution in [2.24, 2.45) is 28.6 Å². The summed E-state index contributed by atoms with van der Waals surface area (Å²) in [7, 11) is 1.67. The number of ether oxygens (including phenoxy) is 1. The molecule has 2 unspecified atom stereocenters. The number of amides is 1. The Hall–Kier alpha value is -1.30. The molecule has 110 valence electrons. The molecule has 0 aliphatic carbocycles. The van der Waals surface area contributed by atoms with Crippen LogP contribution in [0.4, 0.5) is 0 Å². The van der Waals surface area contributed by atoms with Gasteiger partial charge in [0.25, 0.3) is 0 Å². The smallest absolute Gasteiger partial charge is 0.233 e. The second kappa shape index (κ2) is 7.33. The molecule has 0 aromatic heterocycles. The van der Waals surface area contributed by atoms with E-state index in [0.717, 1.165) is 19.4 Å². The number of hydrogen-bond acceptors (Lipinski definition) is 4. The molecule has 2 atom stereocenters. The van der Waals surface area contributed by atoms with E-state index in [-0.39, 0.29) is 17.7 Å². The van der Waals surface area contributed by atoms with Crippen molar-refractivity contribution in [3.63, 3.8) is 0 Å². The Bertz CT molecular complexity index is 329. The molecule has 0 bridgehead atoms. The van der Waals surface area contributed by atoms with Crippen LogP contribution in [0.2, 0.25) is 0 Å². The average Bonchev–Trinajstić information content (AvgIpc) is 2.39. The molecule has 0 aromatic rings. The Balaban J connectivity index is 2.74. The maximum absolute atomic E-state index is 12.5. The molecule has 3 N–H and O–H groups in total. The number of piperidine rings is 1. The zero-order valence-electron chi connectivity index (χ0n) is 12.0. The summed E-state index contributed by atoms with van der Waals surface area (Å²) in [4.78, 5) is 14.3. The lowest BCUT2D eigenvalue weighted by atomic mass is 9.91. The molecule has 0 aromatic carbocycles. The van der Waals surface area contributed by atoms with Gasteiger partial charge in [-0.2, -0.15) is 0 Å². The highest BCUT2D eigenvalue weighted by Gasteiger charge is 2.33.